The molecule has 0 saturated heterocycles. The number of nitrogens with zero attached hydrogens (tertiary/aromatic N) is 3. The fourth-order valence-electron chi connectivity index (χ4n) is 1.82. The van der Waals surface area contributed by atoms with Gasteiger partial charge < -0.3 is 0 Å². The molecule has 0 aliphatic rings. The zero-order valence-electron chi connectivity index (χ0n) is 11.5. The topological polar surface area (TPSA) is 55.7 Å². The van der Waals surface area contributed by atoms with Crippen LogP contribution in [0.4, 0.5) is 4.39 Å². The molecular weight excluding hydrogens is 321 g/mol. The van der Waals surface area contributed by atoms with Crippen LogP contribution >= 0.6 is 22.9 Å². The number of halogens is 1. The van der Waals surface area contributed by atoms with Gasteiger partial charge in [-0.25, -0.2) is 9.37 Å². The number of hydrogen-bond acceptors (Lipinski definition) is 6. The Labute approximate surface area is 134 Å². The standard InChI is InChI=1S/C15H10FN3OS2/c1-9-14(13(20)7-6-12-8-21-19-18-12)22-15(17-9)10-2-4-11(16)5-3-10/h2-8H,1H3/b7-6+. The van der Waals surface area contributed by atoms with Crippen molar-refractivity contribution in [2.24, 2.45) is 0 Å². The molecule has 110 valence electrons. The highest BCUT2D eigenvalue weighted by atomic mass is 32.1. The lowest BCUT2D eigenvalue weighted by Gasteiger charge is -1.94. The number of rotatable bonds is 4. The largest absolute Gasteiger partial charge is 0.288 e. The normalized spacial score (nSPS) is 11.2. The van der Waals surface area contributed by atoms with Crippen LogP contribution in [-0.2, 0) is 0 Å². The highest BCUT2D eigenvalue weighted by Crippen LogP contribution is 2.28. The van der Waals surface area contributed by atoms with E-state index in [4.69, 9.17) is 0 Å². The minimum atomic E-state index is -0.298. The number of thiazole rings is 1. The third kappa shape index (κ3) is 3.15. The number of aromatic nitrogens is 3. The molecule has 1 aromatic carbocycles. The first kappa shape index (κ1) is 14.7. The number of aryl methyl sites for hydroxylation is 1. The summed E-state index contributed by atoms with van der Waals surface area (Å²) in [5.41, 5.74) is 2.11. The fraction of sp³-hybridized carbons (Fsp3) is 0.0667. The van der Waals surface area contributed by atoms with E-state index < -0.39 is 0 Å². The molecule has 22 heavy (non-hydrogen) atoms. The highest BCUT2D eigenvalue weighted by Gasteiger charge is 2.14. The van der Waals surface area contributed by atoms with Crippen LogP contribution in [0.5, 0.6) is 0 Å². The van der Waals surface area contributed by atoms with Gasteiger partial charge in [0.05, 0.1) is 16.3 Å². The van der Waals surface area contributed by atoms with Gasteiger partial charge in [0, 0.05) is 10.9 Å². The number of allylic oxidation sites excluding steroid dienone is 1. The summed E-state index contributed by atoms with van der Waals surface area (Å²) in [5.74, 6) is -0.426. The van der Waals surface area contributed by atoms with Crippen LogP contribution in [0.3, 0.4) is 0 Å². The summed E-state index contributed by atoms with van der Waals surface area (Å²) in [6, 6.07) is 6.06. The second-order valence-corrected chi connectivity index (χ2v) is 6.08. The molecule has 3 rings (SSSR count). The third-order valence-electron chi connectivity index (χ3n) is 2.89. The van der Waals surface area contributed by atoms with E-state index in [0.717, 1.165) is 5.56 Å². The number of hydrogen-bond donors (Lipinski definition) is 0. The van der Waals surface area contributed by atoms with Crippen LogP contribution in [0.25, 0.3) is 16.6 Å². The summed E-state index contributed by atoms with van der Waals surface area (Å²) >= 11 is 2.52. The second kappa shape index (κ2) is 6.25. The molecular formula is C15H10FN3OS2. The van der Waals surface area contributed by atoms with E-state index >= 15 is 0 Å². The minimum absolute atomic E-state index is 0.128. The molecule has 4 nitrogen and oxygen atoms in total. The fourth-order valence-corrected chi connectivity index (χ4v) is 3.24. The molecule has 7 heteroatoms. The van der Waals surface area contributed by atoms with Gasteiger partial charge in [-0.1, -0.05) is 4.49 Å². The zero-order valence-corrected chi connectivity index (χ0v) is 13.1. The number of benzene rings is 1. The van der Waals surface area contributed by atoms with E-state index in [1.807, 2.05) is 0 Å². The lowest BCUT2D eigenvalue weighted by atomic mass is 10.2. The maximum Gasteiger partial charge on any atom is 0.197 e. The van der Waals surface area contributed by atoms with Crippen LogP contribution < -0.4 is 0 Å². The molecule has 0 aliphatic heterocycles. The Hall–Kier alpha value is -2.25. The Bertz CT molecular complexity index is 823. The molecule has 2 heterocycles. The predicted octanol–water partition coefficient (Wildman–Crippen LogP) is 4.01. The molecule has 0 aliphatic carbocycles. The van der Waals surface area contributed by atoms with Crippen LogP contribution in [0.1, 0.15) is 21.1 Å². The maximum absolute atomic E-state index is 13.0. The predicted molar refractivity (Wildman–Crippen MR) is 85.5 cm³/mol. The lowest BCUT2D eigenvalue weighted by molar-refractivity contribution is 0.105. The second-order valence-electron chi connectivity index (χ2n) is 4.47. The molecule has 0 atom stereocenters. The molecule has 0 spiro atoms. The first-order valence-corrected chi connectivity index (χ1v) is 8.01. The van der Waals surface area contributed by atoms with Crippen molar-refractivity contribution in [3.63, 3.8) is 0 Å². The third-order valence-corrected chi connectivity index (χ3v) is 4.64. The van der Waals surface area contributed by atoms with Crippen molar-refractivity contribution in [2.45, 2.75) is 6.92 Å². The summed E-state index contributed by atoms with van der Waals surface area (Å²) in [4.78, 5) is 17.2. The SMILES string of the molecule is Cc1nc(-c2ccc(F)cc2)sc1C(=O)/C=C/c1csnn1. The van der Waals surface area contributed by atoms with Crippen molar-refractivity contribution in [1.82, 2.24) is 14.6 Å². The van der Waals surface area contributed by atoms with Gasteiger partial charge in [-0.15, -0.1) is 16.4 Å². The van der Waals surface area contributed by atoms with E-state index in [-0.39, 0.29) is 11.6 Å². The van der Waals surface area contributed by atoms with E-state index in [1.165, 1.54) is 41.1 Å². The Morgan fingerprint density at radius 1 is 1.27 bits per heavy atom. The van der Waals surface area contributed by atoms with Gasteiger partial charge in [0.15, 0.2) is 5.78 Å². The Kier molecular flexibility index (Phi) is 4.17. The van der Waals surface area contributed by atoms with E-state index in [9.17, 15) is 9.18 Å². The summed E-state index contributed by atoms with van der Waals surface area (Å²) in [6.45, 7) is 1.79. The van der Waals surface area contributed by atoms with Crippen molar-refractivity contribution in [1.29, 1.82) is 0 Å². The zero-order chi connectivity index (χ0) is 15.5. The highest BCUT2D eigenvalue weighted by molar-refractivity contribution is 7.17. The summed E-state index contributed by atoms with van der Waals surface area (Å²) < 4.78 is 16.7. The number of carbonyl (C=O) groups excluding carboxylic acids is 1. The van der Waals surface area contributed by atoms with Gasteiger partial charge in [-0.05, 0) is 54.9 Å². The Morgan fingerprint density at radius 2 is 2.05 bits per heavy atom. The van der Waals surface area contributed by atoms with Gasteiger partial charge in [-0.3, -0.25) is 4.79 Å². The monoisotopic (exact) mass is 331 g/mol. The van der Waals surface area contributed by atoms with E-state index in [1.54, 1.807) is 30.5 Å². The van der Waals surface area contributed by atoms with Crippen molar-refractivity contribution in [3.05, 3.63) is 57.8 Å². The summed E-state index contributed by atoms with van der Waals surface area (Å²) in [7, 11) is 0. The van der Waals surface area contributed by atoms with Crippen LogP contribution in [-0.4, -0.2) is 20.4 Å². The summed E-state index contributed by atoms with van der Waals surface area (Å²) in [5, 5.41) is 6.30. The van der Waals surface area contributed by atoms with Gasteiger partial charge in [-0.2, -0.15) is 0 Å². The van der Waals surface area contributed by atoms with Crippen LogP contribution in [0.2, 0.25) is 0 Å². The quantitative estimate of drug-likeness (QED) is 0.535. The molecule has 0 bridgehead atoms. The molecule has 2 aromatic heterocycles. The molecule has 0 N–H and O–H groups in total. The van der Waals surface area contributed by atoms with Crippen LogP contribution in [0.15, 0.2) is 35.7 Å². The smallest absolute Gasteiger partial charge is 0.197 e. The Balaban J connectivity index is 1.85. The number of carbonyl (C=O) groups is 1. The molecule has 0 radical (unpaired) electrons. The molecule has 0 fully saturated rings. The van der Waals surface area contributed by atoms with Crippen molar-refractivity contribution < 1.29 is 9.18 Å². The summed E-state index contributed by atoms with van der Waals surface area (Å²) in [6.07, 6.45) is 3.09. The Morgan fingerprint density at radius 3 is 2.73 bits per heavy atom. The van der Waals surface area contributed by atoms with E-state index in [0.29, 0.717) is 21.3 Å². The van der Waals surface area contributed by atoms with Crippen molar-refractivity contribution in [2.75, 3.05) is 0 Å². The minimum Gasteiger partial charge on any atom is -0.288 e. The van der Waals surface area contributed by atoms with Gasteiger partial charge in [0.2, 0.25) is 0 Å². The van der Waals surface area contributed by atoms with Gasteiger partial charge in [0.1, 0.15) is 10.8 Å². The van der Waals surface area contributed by atoms with E-state index in [2.05, 4.69) is 14.6 Å². The number of ketones is 1. The maximum atomic E-state index is 13.0. The average Bonchev–Trinajstić information content (AvgIpc) is 3.15. The van der Waals surface area contributed by atoms with Crippen LogP contribution in [0, 0.1) is 12.7 Å². The first-order valence-electron chi connectivity index (χ1n) is 6.36. The molecule has 0 saturated carbocycles. The van der Waals surface area contributed by atoms with Gasteiger partial charge in [0.25, 0.3) is 0 Å². The van der Waals surface area contributed by atoms with Crippen molar-refractivity contribution in [3.8, 4) is 10.6 Å². The molecule has 3 aromatic rings. The lowest BCUT2D eigenvalue weighted by Crippen LogP contribution is -1.93. The van der Waals surface area contributed by atoms with Crippen molar-refractivity contribution >= 4 is 34.7 Å². The molecule has 0 unspecified atom stereocenters. The molecule has 0 amide bonds. The first-order chi connectivity index (χ1) is 10.6. The average molecular weight is 331 g/mol. The van der Waals surface area contributed by atoms with Gasteiger partial charge >= 0.3 is 0 Å².